The largest absolute Gasteiger partial charge is 0.302 e. The van der Waals surface area contributed by atoms with Gasteiger partial charge in [-0.3, -0.25) is 9.59 Å². The predicted molar refractivity (Wildman–Crippen MR) is 68.0 cm³/mol. The smallest absolute Gasteiger partial charge is 0.251 e. The van der Waals surface area contributed by atoms with Crippen molar-refractivity contribution >= 4 is 17.5 Å². The molecule has 1 heterocycles. The maximum atomic E-state index is 12.2. The second kappa shape index (κ2) is 4.21. The van der Waals surface area contributed by atoms with Crippen molar-refractivity contribution < 1.29 is 9.59 Å². The quantitative estimate of drug-likeness (QED) is 0.816. The van der Waals surface area contributed by atoms with E-state index in [0.717, 1.165) is 6.42 Å². The van der Waals surface area contributed by atoms with Crippen molar-refractivity contribution in [3.63, 3.8) is 0 Å². The highest BCUT2D eigenvalue weighted by Gasteiger charge is 2.43. The molecular formula is C14H16N2O2. The Kier molecular flexibility index (Phi) is 2.67. The molecule has 0 aromatic heterocycles. The molecule has 4 nitrogen and oxygen atoms in total. The number of benzene rings is 1. The van der Waals surface area contributed by atoms with Gasteiger partial charge in [-0.25, -0.2) is 4.90 Å². The van der Waals surface area contributed by atoms with Crippen LogP contribution in [0.5, 0.6) is 0 Å². The number of anilines is 1. The molecule has 1 N–H and O–H groups in total. The van der Waals surface area contributed by atoms with Crippen molar-refractivity contribution in [3.8, 4) is 0 Å². The topological polar surface area (TPSA) is 49.4 Å². The standard InChI is InChI=1S/C14H16N2O2/c1-9-7-11(9)15-12-8-13(17)16(14(12)18)10-5-3-2-4-6-10/h2-6,9,11-12,15H,7-8H2,1H3. The molecular weight excluding hydrogens is 228 g/mol. The van der Waals surface area contributed by atoms with Crippen LogP contribution in [0.25, 0.3) is 0 Å². The van der Waals surface area contributed by atoms with Gasteiger partial charge in [0.25, 0.3) is 5.91 Å². The molecule has 1 aliphatic carbocycles. The SMILES string of the molecule is CC1CC1NC1CC(=O)N(c2ccccc2)C1=O. The molecule has 1 aromatic carbocycles. The van der Waals surface area contributed by atoms with Gasteiger partial charge in [-0.1, -0.05) is 25.1 Å². The van der Waals surface area contributed by atoms with E-state index < -0.39 is 0 Å². The van der Waals surface area contributed by atoms with Crippen molar-refractivity contribution in [2.45, 2.75) is 31.8 Å². The van der Waals surface area contributed by atoms with Gasteiger partial charge in [0.2, 0.25) is 5.91 Å². The summed E-state index contributed by atoms with van der Waals surface area (Å²) in [7, 11) is 0. The fraction of sp³-hybridized carbons (Fsp3) is 0.429. The summed E-state index contributed by atoms with van der Waals surface area (Å²) in [6.45, 7) is 2.15. The van der Waals surface area contributed by atoms with Crippen LogP contribution in [0.4, 0.5) is 5.69 Å². The van der Waals surface area contributed by atoms with Crippen molar-refractivity contribution in [3.05, 3.63) is 30.3 Å². The Morgan fingerprint density at radius 3 is 2.50 bits per heavy atom. The fourth-order valence-corrected chi connectivity index (χ4v) is 2.42. The van der Waals surface area contributed by atoms with E-state index in [1.54, 1.807) is 12.1 Å². The van der Waals surface area contributed by atoms with E-state index in [-0.39, 0.29) is 24.3 Å². The molecule has 1 saturated heterocycles. The normalized spacial score (nSPS) is 30.9. The third kappa shape index (κ3) is 1.93. The molecule has 18 heavy (non-hydrogen) atoms. The average molecular weight is 244 g/mol. The van der Waals surface area contributed by atoms with E-state index >= 15 is 0 Å². The summed E-state index contributed by atoms with van der Waals surface area (Å²) in [5.74, 6) is 0.390. The van der Waals surface area contributed by atoms with Gasteiger partial charge in [0.15, 0.2) is 0 Å². The first-order valence-electron chi connectivity index (χ1n) is 6.34. The highest BCUT2D eigenvalue weighted by molar-refractivity contribution is 6.22. The van der Waals surface area contributed by atoms with E-state index in [4.69, 9.17) is 0 Å². The monoisotopic (exact) mass is 244 g/mol. The maximum Gasteiger partial charge on any atom is 0.251 e. The number of carbonyl (C=O) groups is 2. The van der Waals surface area contributed by atoms with E-state index in [1.807, 2.05) is 18.2 Å². The molecule has 1 aliphatic heterocycles. The summed E-state index contributed by atoms with van der Waals surface area (Å²) in [6, 6.07) is 9.18. The Morgan fingerprint density at radius 1 is 1.22 bits per heavy atom. The van der Waals surface area contributed by atoms with Gasteiger partial charge in [-0.15, -0.1) is 0 Å². The number of hydrogen-bond acceptors (Lipinski definition) is 3. The van der Waals surface area contributed by atoms with Crippen LogP contribution in [0.3, 0.4) is 0 Å². The van der Waals surface area contributed by atoms with Gasteiger partial charge in [-0.05, 0) is 24.5 Å². The van der Waals surface area contributed by atoms with Crippen LogP contribution in [0, 0.1) is 5.92 Å². The van der Waals surface area contributed by atoms with Crippen molar-refractivity contribution in [2.75, 3.05) is 4.90 Å². The molecule has 2 aliphatic rings. The number of carbonyl (C=O) groups excluding carboxylic acids is 2. The van der Waals surface area contributed by atoms with Crippen LogP contribution in [0.1, 0.15) is 19.8 Å². The molecule has 94 valence electrons. The second-order valence-electron chi connectivity index (χ2n) is 5.15. The lowest BCUT2D eigenvalue weighted by Gasteiger charge is -2.15. The Bertz CT molecular complexity index is 486. The first-order valence-corrected chi connectivity index (χ1v) is 6.34. The molecule has 2 amide bonds. The van der Waals surface area contributed by atoms with E-state index in [0.29, 0.717) is 17.6 Å². The number of nitrogens with one attached hydrogen (secondary N) is 1. The Morgan fingerprint density at radius 2 is 1.89 bits per heavy atom. The zero-order valence-electron chi connectivity index (χ0n) is 10.3. The lowest BCUT2D eigenvalue weighted by atomic mass is 10.2. The van der Waals surface area contributed by atoms with Crippen LogP contribution in [-0.4, -0.2) is 23.9 Å². The number of rotatable bonds is 3. The minimum absolute atomic E-state index is 0.114. The van der Waals surface area contributed by atoms with Crippen LogP contribution >= 0.6 is 0 Å². The summed E-state index contributed by atoms with van der Waals surface area (Å²) in [6.07, 6.45) is 1.38. The lowest BCUT2D eigenvalue weighted by molar-refractivity contribution is -0.121. The van der Waals surface area contributed by atoms with Gasteiger partial charge < -0.3 is 5.32 Å². The van der Waals surface area contributed by atoms with Gasteiger partial charge in [-0.2, -0.15) is 0 Å². The molecule has 3 unspecified atom stereocenters. The Labute approximate surface area is 106 Å². The number of amides is 2. The molecule has 1 aromatic rings. The molecule has 3 rings (SSSR count). The number of nitrogens with zero attached hydrogens (tertiary/aromatic N) is 1. The molecule has 0 spiro atoms. The van der Waals surface area contributed by atoms with E-state index in [9.17, 15) is 9.59 Å². The molecule has 3 atom stereocenters. The van der Waals surface area contributed by atoms with Crippen LogP contribution in [0.15, 0.2) is 30.3 Å². The lowest BCUT2D eigenvalue weighted by Crippen LogP contribution is -2.40. The minimum atomic E-state index is -0.340. The fourth-order valence-electron chi connectivity index (χ4n) is 2.42. The summed E-state index contributed by atoms with van der Waals surface area (Å²) in [4.78, 5) is 25.5. The van der Waals surface area contributed by atoms with E-state index in [1.165, 1.54) is 4.90 Å². The van der Waals surface area contributed by atoms with Crippen molar-refractivity contribution in [1.29, 1.82) is 0 Å². The van der Waals surface area contributed by atoms with E-state index in [2.05, 4.69) is 12.2 Å². The molecule has 4 heteroatoms. The Balaban J connectivity index is 1.76. The number of para-hydroxylation sites is 1. The van der Waals surface area contributed by atoms with Gasteiger partial charge >= 0.3 is 0 Å². The zero-order valence-corrected chi connectivity index (χ0v) is 10.3. The summed E-state index contributed by atoms with van der Waals surface area (Å²) in [5.41, 5.74) is 0.667. The van der Waals surface area contributed by atoms with Gasteiger partial charge in [0, 0.05) is 6.04 Å². The summed E-state index contributed by atoms with van der Waals surface area (Å²) in [5, 5.41) is 3.27. The molecule has 0 radical (unpaired) electrons. The molecule has 2 fully saturated rings. The predicted octanol–water partition coefficient (Wildman–Crippen LogP) is 1.32. The van der Waals surface area contributed by atoms with Crippen molar-refractivity contribution in [1.82, 2.24) is 5.32 Å². The van der Waals surface area contributed by atoms with Gasteiger partial charge in [0.1, 0.15) is 0 Å². The van der Waals surface area contributed by atoms with Crippen molar-refractivity contribution in [2.24, 2.45) is 5.92 Å². The van der Waals surface area contributed by atoms with Crippen LogP contribution < -0.4 is 10.2 Å². The number of hydrogen-bond donors (Lipinski definition) is 1. The van der Waals surface area contributed by atoms with Gasteiger partial charge in [0.05, 0.1) is 18.2 Å². The second-order valence-corrected chi connectivity index (χ2v) is 5.15. The zero-order chi connectivity index (χ0) is 12.7. The first kappa shape index (κ1) is 11.4. The minimum Gasteiger partial charge on any atom is -0.302 e. The molecule has 1 saturated carbocycles. The third-order valence-electron chi connectivity index (χ3n) is 3.69. The highest BCUT2D eigenvalue weighted by atomic mass is 16.2. The third-order valence-corrected chi connectivity index (χ3v) is 3.69. The summed E-state index contributed by atoms with van der Waals surface area (Å²) >= 11 is 0. The maximum absolute atomic E-state index is 12.2. The van der Waals surface area contributed by atoms with Crippen LogP contribution in [0.2, 0.25) is 0 Å². The number of imide groups is 1. The average Bonchev–Trinajstić information content (AvgIpc) is 2.97. The molecule has 0 bridgehead atoms. The first-order chi connectivity index (χ1) is 8.66. The highest BCUT2D eigenvalue weighted by Crippen LogP contribution is 2.31. The van der Waals surface area contributed by atoms with Crippen LogP contribution in [-0.2, 0) is 9.59 Å². The summed E-state index contributed by atoms with van der Waals surface area (Å²) < 4.78 is 0. The Hall–Kier alpha value is -1.68.